The van der Waals surface area contributed by atoms with Gasteiger partial charge < -0.3 is 25.1 Å². The fraction of sp³-hybridized carbons (Fsp3) is 0.455. The molecule has 1 aliphatic carbocycles. The highest BCUT2D eigenvalue weighted by atomic mass is 16.5. The van der Waals surface area contributed by atoms with Crippen LogP contribution in [0.3, 0.4) is 0 Å². The molecule has 1 amide bonds. The van der Waals surface area contributed by atoms with Gasteiger partial charge in [0.25, 0.3) is 5.91 Å². The lowest BCUT2D eigenvalue weighted by Crippen LogP contribution is -2.38. The van der Waals surface area contributed by atoms with E-state index < -0.39 is 0 Å². The molecule has 0 bridgehead atoms. The van der Waals surface area contributed by atoms with Crippen LogP contribution in [0.4, 0.5) is 0 Å². The Hall–Kier alpha value is -2.96. The first-order chi connectivity index (χ1) is 14.2. The zero-order valence-electron chi connectivity index (χ0n) is 17.2. The second-order valence-corrected chi connectivity index (χ2v) is 7.26. The van der Waals surface area contributed by atoms with Crippen molar-refractivity contribution in [2.75, 3.05) is 26.7 Å². The van der Waals surface area contributed by atoms with Crippen molar-refractivity contribution < 1.29 is 13.9 Å². The van der Waals surface area contributed by atoms with Crippen LogP contribution in [0.15, 0.2) is 46.0 Å². The van der Waals surface area contributed by atoms with E-state index in [0.717, 1.165) is 41.8 Å². The number of amides is 1. The van der Waals surface area contributed by atoms with E-state index in [-0.39, 0.29) is 5.91 Å². The van der Waals surface area contributed by atoms with E-state index in [9.17, 15) is 4.79 Å². The maximum absolute atomic E-state index is 12.0. The fourth-order valence-corrected chi connectivity index (χ4v) is 2.87. The molecule has 0 aliphatic heterocycles. The Kier molecular flexibility index (Phi) is 7.55. The van der Waals surface area contributed by atoms with Crippen LogP contribution < -0.4 is 20.7 Å². The topological polar surface area (TPSA) is 87.9 Å². The quantitative estimate of drug-likeness (QED) is 0.325. The summed E-state index contributed by atoms with van der Waals surface area (Å²) in [6.07, 6.45) is 4.85. The summed E-state index contributed by atoms with van der Waals surface area (Å²) in [6.45, 7) is 4.53. The van der Waals surface area contributed by atoms with Gasteiger partial charge in [0.2, 0.25) is 0 Å². The van der Waals surface area contributed by atoms with Crippen molar-refractivity contribution in [2.24, 2.45) is 10.9 Å². The van der Waals surface area contributed by atoms with Gasteiger partial charge in [-0.2, -0.15) is 0 Å². The Morgan fingerprint density at radius 2 is 1.97 bits per heavy atom. The molecule has 1 aromatic heterocycles. The van der Waals surface area contributed by atoms with Crippen molar-refractivity contribution in [1.29, 1.82) is 0 Å². The van der Waals surface area contributed by atoms with Gasteiger partial charge >= 0.3 is 0 Å². The number of para-hydroxylation sites is 1. The van der Waals surface area contributed by atoms with Crippen molar-refractivity contribution in [2.45, 2.75) is 32.7 Å². The minimum absolute atomic E-state index is 0.183. The van der Waals surface area contributed by atoms with Crippen LogP contribution >= 0.6 is 0 Å². The molecule has 0 saturated heterocycles. The van der Waals surface area contributed by atoms with E-state index in [4.69, 9.17) is 9.15 Å². The predicted octanol–water partition coefficient (Wildman–Crippen LogP) is 2.86. The van der Waals surface area contributed by atoms with Crippen LogP contribution in [0.1, 0.15) is 40.9 Å². The molecule has 0 spiro atoms. The molecule has 0 unspecified atom stereocenters. The Labute approximate surface area is 171 Å². The number of aryl methyl sites for hydroxylation is 1. The number of hydrogen-bond acceptors (Lipinski definition) is 4. The predicted molar refractivity (Wildman–Crippen MR) is 113 cm³/mol. The van der Waals surface area contributed by atoms with Gasteiger partial charge in [-0.25, -0.2) is 0 Å². The molecule has 1 saturated carbocycles. The molecule has 3 rings (SSSR count). The van der Waals surface area contributed by atoms with Gasteiger partial charge in [0, 0.05) is 37.8 Å². The Morgan fingerprint density at radius 3 is 2.69 bits per heavy atom. The second kappa shape index (κ2) is 10.5. The van der Waals surface area contributed by atoms with Crippen LogP contribution in [0.25, 0.3) is 0 Å². The number of guanidine groups is 1. The second-order valence-electron chi connectivity index (χ2n) is 7.26. The van der Waals surface area contributed by atoms with Crippen molar-refractivity contribution in [3.8, 4) is 5.75 Å². The fourth-order valence-electron chi connectivity index (χ4n) is 2.87. The largest absolute Gasteiger partial charge is 0.493 e. The van der Waals surface area contributed by atoms with Crippen LogP contribution in [0.2, 0.25) is 0 Å². The van der Waals surface area contributed by atoms with E-state index in [2.05, 4.69) is 27.0 Å². The molecule has 0 radical (unpaired) electrons. The summed E-state index contributed by atoms with van der Waals surface area (Å²) in [5.41, 5.74) is 1.95. The smallest absolute Gasteiger partial charge is 0.287 e. The maximum atomic E-state index is 12.0. The lowest BCUT2D eigenvalue weighted by Gasteiger charge is -2.15. The number of carbonyl (C=O) groups excluding carboxylic acids is 1. The van der Waals surface area contributed by atoms with Gasteiger partial charge in [-0.1, -0.05) is 18.2 Å². The molecular weight excluding hydrogens is 368 g/mol. The zero-order chi connectivity index (χ0) is 20.5. The first-order valence-corrected chi connectivity index (χ1v) is 10.1. The van der Waals surface area contributed by atoms with E-state index in [0.29, 0.717) is 25.4 Å². The van der Waals surface area contributed by atoms with Gasteiger partial charge in [-0.05, 0) is 44.2 Å². The highest BCUT2D eigenvalue weighted by molar-refractivity contribution is 5.92. The number of rotatable bonds is 10. The number of aliphatic imine (C=N–C) groups is 1. The van der Waals surface area contributed by atoms with Gasteiger partial charge in [0.15, 0.2) is 11.7 Å². The molecule has 1 fully saturated rings. The third-order valence-electron chi connectivity index (χ3n) is 4.81. The van der Waals surface area contributed by atoms with Gasteiger partial charge in [0.1, 0.15) is 5.75 Å². The number of benzene rings is 1. The average molecular weight is 399 g/mol. The summed E-state index contributed by atoms with van der Waals surface area (Å²) >= 11 is 0. The normalized spacial score (nSPS) is 13.8. The lowest BCUT2D eigenvalue weighted by atomic mass is 10.2. The Balaban J connectivity index is 1.35. The third kappa shape index (κ3) is 6.55. The van der Waals surface area contributed by atoms with E-state index in [1.165, 1.54) is 19.1 Å². The maximum Gasteiger partial charge on any atom is 0.287 e. The number of nitrogens with zero attached hydrogens (tertiary/aromatic N) is 1. The summed E-state index contributed by atoms with van der Waals surface area (Å²) in [6, 6.07) is 9.87. The Morgan fingerprint density at radius 1 is 1.17 bits per heavy atom. The van der Waals surface area contributed by atoms with Gasteiger partial charge in [-0.3, -0.25) is 9.79 Å². The van der Waals surface area contributed by atoms with Crippen LogP contribution in [0, 0.1) is 12.8 Å². The lowest BCUT2D eigenvalue weighted by molar-refractivity contribution is 0.0925. The molecule has 7 nitrogen and oxygen atoms in total. The number of ether oxygens (including phenoxy) is 1. The molecule has 2 aromatic rings. The highest BCUT2D eigenvalue weighted by Gasteiger charge is 2.22. The number of hydrogen-bond donors (Lipinski definition) is 3. The van der Waals surface area contributed by atoms with Crippen molar-refractivity contribution >= 4 is 11.9 Å². The summed E-state index contributed by atoms with van der Waals surface area (Å²) in [4.78, 5) is 16.3. The van der Waals surface area contributed by atoms with Crippen molar-refractivity contribution in [1.82, 2.24) is 16.0 Å². The number of nitrogens with one attached hydrogen (secondary N) is 3. The van der Waals surface area contributed by atoms with Gasteiger partial charge in [-0.15, -0.1) is 0 Å². The highest BCUT2D eigenvalue weighted by Crippen LogP contribution is 2.30. The van der Waals surface area contributed by atoms with Crippen LogP contribution in [-0.2, 0) is 6.54 Å². The summed E-state index contributed by atoms with van der Waals surface area (Å²) < 4.78 is 11.1. The molecule has 156 valence electrons. The van der Waals surface area contributed by atoms with E-state index in [1.807, 2.05) is 25.1 Å². The van der Waals surface area contributed by atoms with E-state index >= 15 is 0 Å². The first-order valence-electron chi connectivity index (χ1n) is 10.1. The zero-order valence-corrected chi connectivity index (χ0v) is 17.2. The molecule has 7 heteroatoms. The standard InChI is InChI=1S/C22H30N4O3/c1-16-10-13-28-20(16)21(27)24-11-5-12-25-22(23-2)26-14-18-6-3-4-7-19(18)29-15-17-8-9-17/h3-4,6-7,10,13,17H,5,8-9,11-12,14-15H2,1-2H3,(H,24,27)(H2,23,25,26). The molecule has 1 aromatic carbocycles. The van der Waals surface area contributed by atoms with Crippen LogP contribution in [0.5, 0.6) is 5.75 Å². The Bertz CT molecular complexity index is 827. The monoisotopic (exact) mass is 398 g/mol. The molecule has 1 heterocycles. The molecular formula is C22H30N4O3. The van der Waals surface area contributed by atoms with Crippen molar-refractivity contribution in [3.05, 3.63) is 53.5 Å². The number of carbonyl (C=O) groups is 1. The number of furan rings is 1. The van der Waals surface area contributed by atoms with Crippen LogP contribution in [-0.4, -0.2) is 38.6 Å². The first kappa shape index (κ1) is 20.8. The third-order valence-corrected chi connectivity index (χ3v) is 4.81. The average Bonchev–Trinajstić information content (AvgIpc) is 3.47. The molecule has 29 heavy (non-hydrogen) atoms. The SMILES string of the molecule is CN=C(NCCCNC(=O)c1occc1C)NCc1ccccc1OCC1CC1. The molecule has 0 atom stereocenters. The summed E-state index contributed by atoms with van der Waals surface area (Å²) in [5, 5.41) is 9.44. The van der Waals surface area contributed by atoms with Crippen molar-refractivity contribution in [3.63, 3.8) is 0 Å². The molecule has 3 N–H and O–H groups in total. The summed E-state index contributed by atoms with van der Waals surface area (Å²) in [7, 11) is 1.74. The minimum atomic E-state index is -0.183. The molecule has 1 aliphatic rings. The van der Waals surface area contributed by atoms with Gasteiger partial charge in [0.05, 0.1) is 12.9 Å². The minimum Gasteiger partial charge on any atom is -0.493 e. The van der Waals surface area contributed by atoms with E-state index in [1.54, 1.807) is 13.1 Å². The summed E-state index contributed by atoms with van der Waals surface area (Å²) in [5.74, 6) is 2.56.